The number of nitrogens with one attached hydrogen (secondary N) is 1. The predicted molar refractivity (Wildman–Crippen MR) is 73.4 cm³/mol. The van der Waals surface area contributed by atoms with Gasteiger partial charge in [0.2, 0.25) is 5.91 Å². The number of hydrogen-bond donors (Lipinski definition) is 1. The van der Waals surface area contributed by atoms with E-state index >= 15 is 0 Å². The summed E-state index contributed by atoms with van der Waals surface area (Å²) < 4.78 is 0. The number of nitrogens with zero attached hydrogens (tertiary/aromatic N) is 1. The number of aryl methyl sites for hydroxylation is 1. The van der Waals surface area contributed by atoms with E-state index in [0.29, 0.717) is 18.4 Å². The summed E-state index contributed by atoms with van der Waals surface area (Å²) in [6.45, 7) is 1.80. The van der Waals surface area contributed by atoms with Gasteiger partial charge in [-0.2, -0.15) is 0 Å². The molecule has 0 spiro atoms. The highest BCUT2D eigenvalue weighted by molar-refractivity contribution is 5.76. The molecule has 3 heteroatoms. The molecule has 1 heterocycles. The minimum atomic E-state index is 0.299. The number of carbonyl (C=O) groups is 1. The standard InChI is InChI=1S/C15H22N2O/c1-16-14-9-11-17(12-10-14)15(18)8-7-13-5-3-2-4-6-13/h2-6,14,16H,7-12H2,1H3. The Labute approximate surface area is 109 Å². The van der Waals surface area contributed by atoms with Crippen molar-refractivity contribution >= 4 is 5.91 Å². The Kier molecular flexibility index (Phi) is 4.76. The highest BCUT2D eigenvalue weighted by Crippen LogP contribution is 2.12. The summed E-state index contributed by atoms with van der Waals surface area (Å²) in [7, 11) is 2.00. The second-order valence-electron chi connectivity index (χ2n) is 4.93. The van der Waals surface area contributed by atoms with E-state index < -0.39 is 0 Å². The third-order valence-electron chi connectivity index (χ3n) is 3.73. The van der Waals surface area contributed by atoms with Crippen molar-refractivity contribution in [1.29, 1.82) is 0 Å². The fourth-order valence-corrected chi connectivity index (χ4v) is 2.47. The molecule has 0 saturated carbocycles. The highest BCUT2D eigenvalue weighted by Gasteiger charge is 2.21. The van der Waals surface area contributed by atoms with E-state index in [0.717, 1.165) is 32.4 Å². The van der Waals surface area contributed by atoms with Gasteiger partial charge in [0.15, 0.2) is 0 Å². The van der Waals surface area contributed by atoms with Crippen LogP contribution in [-0.4, -0.2) is 37.0 Å². The van der Waals surface area contributed by atoms with Gasteiger partial charge in [-0.3, -0.25) is 4.79 Å². The summed E-state index contributed by atoms with van der Waals surface area (Å²) in [5.41, 5.74) is 1.25. The molecular formula is C15H22N2O. The average Bonchev–Trinajstić information content (AvgIpc) is 2.46. The van der Waals surface area contributed by atoms with Crippen LogP contribution < -0.4 is 5.32 Å². The van der Waals surface area contributed by atoms with Gasteiger partial charge in [0.1, 0.15) is 0 Å². The lowest BCUT2D eigenvalue weighted by molar-refractivity contribution is -0.132. The zero-order valence-electron chi connectivity index (χ0n) is 11.1. The number of benzene rings is 1. The number of rotatable bonds is 4. The van der Waals surface area contributed by atoms with Gasteiger partial charge in [0.05, 0.1) is 0 Å². The van der Waals surface area contributed by atoms with Crippen LogP contribution in [-0.2, 0) is 11.2 Å². The molecule has 3 nitrogen and oxygen atoms in total. The molecule has 0 bridgehead atoms. The van der Waals surface area contributed by atoms with Gasteiger partial charge in [-0.15, -0.1) is 0 Å². The smallest absolute Gasteiger partial charge is 0.222 e. The lowest BCUT2D eigenvalue weighted by Gasteiger charge is -2.31. The fraction of sp³-hybridized carbons (Fsp3) is 0.533. The Morgan fingerprint density at radius 3 is 2.56 bits per heavy atom. The lowest BCUT2D eigenvalue weighted by atomic mass is 10.0. The van der Waals surface area contributed by atoms with Crippen molar-refractivity contribution in [2.24, 2.45) is 0 Å². The molecule has 0 radical (unpaired) electrons. The number of hydrogen-bond acceptors (Lipinski definition) is 2. The molecule has 1 aliphatic rings. The van der Waals surface area contributed by atoms with Crippen LogP contribution in [0, 0.1) is 0 Å². The molecule has 98 valence electrons. The first-order valence-electron chi connectivity index (χ1n) is 6.78. The number of piperidine rings is 1. The van der Waals surface area contributed by atoms with Crippen molar-refractivity contribution in [3.8, 4) is 0 Å². The molecule has 0 unspecified atom stereocenters. The molecule has 2 rings (SSSR count). The zero-order valence-corrected chi connectivity index (χ0v) is 11.1. The normalized spacial score (nSPS) is 16.8. The molecule has 18 heavy (non-hydrogen) atoms. The highest BCUT2D eigenvalue weighted by atomic mass is 16.2. The Hall–Kier alpha value is -1.35. The van der Waals surface area contributed by atoms with Gasteiger partial charge in [0, 0.05) is 25.6 Å². The maximum atomic E-state index is 12.1. The molecule has 0 aromatic heterocycles. The quantitative estimate of drug-likeness (QED) is 0.879. The second-order valence-corrected chi connectivity index (χ2v) is 4.93. The van der Waals surface area contributed by atoms with Crippen LogP contribution in [0.4, 0.5) is 0 Å². The predicted octanol–water partition coefficient (Wildman–Crippen LogP) is 1.83. The topological polar surface area (TPSA) is 32.3 Å². The minimum absolute atomic E-state index is 0.299. The Morgan fingerprint density at radius 2 is 1.94 bits per heavy atom. The molecule has 0 aliphatic carbocycles. The van der Waals surface area contributed by atoms with Crippen molar-refractivity contribution < 1.29 is 4.79 Å². The van der Waals surface area contributed by atoms with E-state index in [1.807, 2.05) is 30.1 Å². The van der Waals surface area contributed by atoms with Crippen LogP contribution in [0.25, 0.3) is 0 Å². The molecule has 1 fully saturated rings. The van der Waals surface area contributed by atoms with Gasteiger partial charge < -0.3 is 10.2 Å². The van der Waals surface area contributed by atoms with E-state index in [1.54, 1.807) is 0 Å². The van der Waals surface area contributed by atoms with Crippen LogP contribution in [0.3, 0.4) is 0 Å². The molecule has 1 amide bonds. The summed E-state index contributed by atoms with van der Waals surface area (Å²) in [5, 5.41) is 3.28. The second kappa shape index (κ2) is 6.55. The van der Waals surface area contributed by atoms with Crippen molar-refractivity contribution in [2.75, 3.05) is 20.1 Å². The van der Waals surface area contributed by atoms with Crippen LogP contribution in [0.15, 0.2) is 30.3 Å². The lowest BCUT2D eigenvalue weighted by Crippen LogP contribution is -2.44. The summed E-state index contributed by atoms with van der Waals surface area (Å²) >= 11 is 0. The first-order valence-corrected chi connectivity index (χ1v) is 6.78. The van der Waals surface area contributed by atoms with E-state index in [-0.39, 0.29) is 0 Å². The molecule has 1 aromatic rings. The summed E-state index contributed by atoms with van der Waals surface area (Å²) in [5.74, 6) is 0.299. The number of carbonyl (C=O) groups excluding carboxylic acids is 1. The summed E-state index contributed by atoms with van der Waals surface area (Å²) in [6, 6.07) is 10.8. The molecule has 0 atom stereocenters. The summed E-state index contributed by atoms with van der Waals surface area (Å²) in [6.07, 6.45) is 3.64. The van der Waals surface area contributed by atoms with Crippen LogP contribution >= 0.6 is 0 Å². The first kappa shape index (κ1) is 13.1. The van der Waals surface area contributed by atoms with Crippen LogP contribution in [0.2, 0.25) is 0 Å². The maximum Gasteiger partial charge on any atom is 0.222 e. The van der Waals surface area contributed by atoms with Gasteiger partial charge in [-0.1, -0.05) is 30.3 Å². The van der Waals surface area contributed by atoms with Crippen molar-refractivity contribution in [2.45, 2.75) is 31.7 Å². The third-order valence-corrected chi connectivity index (χ3v) is 3.73. The fourth-order valence-electron chi connectivity index (χ4n) is 2.47. The number of likely N-dealkylation sites (tertiary alicyclic amines) is 1. The summed E-state index contributed by atoms with van der Waals surface area (Å²) in [4.78, 5) is 14.1. The maximum absolute atomic E-state index is 12.1. The average molecular weight is 246 g/mol. The molecule has 1 aliphatic heterocycles. The Morgan fingerprint density at radius 1 is 1.28 bits per heavy atom. The van der Waals surface area contributed by atoms with E-state index in [4.69, 9.17) is 0 Å². The SMILES string of the molecule is CNC1CCN(C(=O)CCc2ccccc2)CC1. The van der Waals surface area contributed by atoms with E-state index in [2.05, 4.69) is 17.4 Å². The largest absolute Gasteiger partial charge is 0.343 e. The first-order chi connectivity index (χ1) is 8.79. The minimum Gasteiger partial charge on any atom is -0.343 e. The Balaban J connectivity index is 1.75. The molecule has 1 N–H and O–H groups in total. The number of amides is 1. The molecule has 1 aromatic carbocycles. The van der Waals surface area contributed by atoms with Gasteiger partial charge in [-0.05, 0) is 31.9 Å². The van der Waals surface area contributed by atoms with Crippen LogP contribution in [0.1, 0.15) is 24.8 Å². The Bertz CT molecular complexity index is 369. The van der Waals surface area contributed by atoms with Gasteiger partial charge in [0.25, 0.3) is 0 Å². The monoisotopic (exact) mass is 246 g/mol. The van der Waals surface area contributed by atoms with Crippen molar-refractivity contribution in [3.63, 3.8) is 0 Å². The van der Waals surface area contributed by atoms with Crippen molar-refractivity contribution in [1.82, 2.24) is 10.2 Å². The third kappa shape index (κ3) is 3.57. The van der Waals surface area contributed by atoms with E-state index in [9.17, 15) is 4.79 Å². The molecular weight excluding hydrogens is 224 g/mol. The zero-order chi connectivity index (χ0) is 12.8. The van der Waals surface area contributed by atoms with E-state index in [1.165, 1.54) is 5.56 Å². The van der Waals surface area contributed by atoms with Crippen molar-refractivity contribution in [3.05, 3.63) is 35.9 Å². The van der Waals surface area contributed by atoms with Gasteiger partial charge in [-0.25, -0.2) is 0 Å². The molecule has 1 saturated heterocycles. The van der Waals surface area contributed by atoms with Crippen LogP contribution in [0.5, 0.6) is 0 Å². The van der Waals surface area contributed by atoms with Gasteiger partial charge >= 0.3 is 0 Å².